The van der Waals surface area contributed by atoms with Crippen molar-refractivity contribution < 1.29 is 4.74 Å². The number of methoxy groups -OCH3 is 1. The highest BCUT2D eigenvalue weighted by Crippen LogP contribution is 2.21. The Balaban J connectivity index is 2.07. The van der Waals surface area contributed by atoms with Crippen LogP contribution in [0.4, 0.5) is 5.69 Å². The monoisotopic (exact) mass is 334 g/mol. The van der Waals surface area contributed by atoms with E-state index in [4.69, 9.17) is 4.74 Å². The summed E-state index contributed by atoms with van der Waals surface area (Å²) in [6.07, 6.45) is 0.902. The maximum atomic E-state index is 5.39. The van der Waals surface area contributed by atoms with E-state index in [0.717, 1.165) is 28.2 Å². The van der Waals surface area contributed by atoms with Gasteiger partial charge in [-0.2, -0.15) is 0 Å². The summed E-state index contributed by atoms with van der Waals surface area (Å²) in [6, 6.07) is 12.4. The molecule has 1 N–H and O–H groups in total. The fourth-order valence-electron chi connectivity index (χ4n) is 2.20. The third kappa shape index (κ3) is 3.73. The number of pyridine rings is 1. The second-order valence-electron chi connectivity index (χ2n) is 4.83. The second kappa shape index (κ2) is 6.75. The summed E-state index contributed by atoms with van der Waals surface area (Å²) in [7, 11) is 1.71. The van der Waals surface area contributed by atoms with Gasteiger partial charge in [-0.05, 0) is 60.0 Å². The average Bonchev–Trinajstić information content (AvgIpc) is 2.42. The van der Waals surface area contributed by atoms with Crippen molar-refractivity contribution in [1.82, 2.24) is 4.98 Å². The molecule has 1 unspecified atom stereocenters. The van der Waals surface area contributed by atoms with Crippen molar-refractivity contribution in [3.8, 4) is 5.75 Å². The standard InChI is InChI=1S/C16H19BrN2O/c1-11(10-13-6-4-5-7-15(13)20-3)18-14-8-9-16(17)19-12(14)2/h4-9,11,18H,10H2,1-3H3. The third-order valence-corrected chi connectivity index (χ3v) is 3.61. The number of nitrogens with zero attached hydrogens (tertiary/aromatic N) is 1. The van der Waals surface area contributed by atoms with E-state index in [0.29, 0.717) is 6.04 Å². The van der Waals surface area contributed by atoms with Crippen LogP contribution in [0.15, 0.2) is 41.0 Å². The fraction of sp³-hybridized carbons (Fsp3) is 0.312. The van der Waals surface area contributed by atoms with Crippen LogP contribution in [0.5, 0.6) is 5.75 Å². The molecule has 0 radical (unpaired) electrons. The zero-order valence-corrected chi connectivity index (χ0v) is 13.6. The number of anilines is 1. The highest BCUT2D eigenvalue weighted by atomic mass is 79.9. The molecular weight excluding hydrogens is 316 g/mol. The number of rotatable bonds is 5. The number of ether oxygens (including phenoxy) is 1. The SMILES string of the molecule is COc1ccccc1CC(C)Nc1ccc(Br)nc1C. The number of nitrogens with one attached hydrogen (secondary N) is 1. The zero-order chi connectivity index (χ0) is 14.5. The lowest BCUT2D eigenvalue weighted by Crippen LogP contribution is -2.19. The molecule has 0 amide bonds. The van der Waals surface area contributed by atoms with E-state index in [1.165, 1.54) is 5.56 Å². The van der Waals surface area contributed by atoms with Crippen LogP contribution in [0.2, 0.25) is 0 Å². The summed E-state index contributed by atoms with van der Waals surface area (Å²) in [6.45, 7) is 4.16. The van der Waals surface area contributed by atoms with Crippen molar-refractivity contribution in [3.63, 3.8) is 0 Å². The summed E-state index contributed by atoms with van der Waals surface area (Å²) < 4.78 is 6.25. The molecule has 0 saturated carbocycles. The Morgan fingerprint density at radius 1 is 1.25 bits per heavy atom. The van der Waals surface area contributed by atoms with Gasteiger partial charge in [0.15, 0.2) is 0 Å². The lowest BCUT2D eigenvalue weighted by Gasteiger charge is -2.18. The number of aryl methyl sites for hydroxylation is 1. The van der Waals surface area contributed by atoms with Gasteiger partial charge in [-0.25, -0.2) is 4.98 Å². The first-order valence-electron chi connectivity index (χ1n) is 6.61. The van der Waals surface area contributed by atoms with Crippen molar-refractivity contribution in [2.24, 2.45) is 0 Å². The molecule has 0 spiro atoms. The molecule has 4 heteroatoms. The second-order valence-corrected chi connectivity index (χ2v) is 5.64. The highest BCUT2D eigenvalue weighted by molar-refractivity contribution is 9.10. The largest absolute Gasteiger partial charge is 0.496 e. The van der Waals surface area contributed by atoms with Crippen molar-refractivity contribution in [2.75, 3.05) is 12.4 Å². The molecule has 0 bridgehead atoms. The van der Waals surface area contributed by atoms with E-state index in [1.807, 2.05) is 37.3 Å². The number of aromatic nitrogens is 1. The minimum Gasteiger partial charge on any atom is -0.496 e. The Bertz CT molecular complexity index is 586. The van der Waals surface area contributed by atoms with Gasteiger partial charge in [-0.15, -0.1) is 0 Å². The van der Waals surface area contributed by atoms with Crippen LogP contribution in [0.25, 0.3) is 0 Å². The number of para-hydroxylation sites is 1. The first-order valence-corrected chi connectivity index (χ1v) is 7.41. The van der Waals surface area contributed by atoms with Crippen LogP contribution in [-0.2, 0) is 6.42 Å². The maximum absolute atomic E-state index is 5.39. The molecule has 3 nitrogen and oxygen atoms in total. The Morgan fingerprint density at radius 2 is 2.00 bits per heavy atom. The predicted octanol–water partition coefficient (Wildman–Crippen LogP) is 4.20. The lowest BCUT2D eigenvalue weighted by atomic mass is 10.1. The Hall–Kier alpha value is -1.55. The fourth-order valence-corrected chi connectivity index (χ4v) is 2.60. The van der Waals surface area contributed by atoms with Crippen LogP contribution >= 0.6 is 15.9 Å². The summed E-state index contributed by atoms with van der Waals surface area (Å²) in [4.78, 5) is 4.40. The predicted molar refractivity (Wildman–Crippen MR) is 86.5 cm³/mol. The summed E-state index contributed by atoms with van der Waals surface area (Å²) in [5.41, 5.74) is 3.26. The van der Waals surface area contributed by atoms with Crippen LogP contribution in [0, 0.1) is 6.92 Å². The molecule has 20 heavy (non-hydrogen) atoms. The number of hydrogen-bond acceptors (Lipinski definition) is 3. The highest BCUT2D eigenvalue weighted by Gasteiger charge is 2.09. The molecule has 106 valence electrons. The summed E-state index contributed by atoms with van der Waals surface area (Å²) in [5.74, 6) is 0.937. The molecule has 0 saturated heterocycles. The van der Waals surface area contributed by atoms with E-state index >= 15 is 0 Å². The number of hydrogen-bond donors (Lipinski definition) is 1. The lowest BCUT2D eigenvalue weighted by molar-refractivity contribution is 0.409. The smallest absolute Gasteiger partial charge is 0.122 e. The minimum absolute atomic E-state index is 0.299. The van der Waals surface area contributed by atoms with Gasteiger partial charge in [0, 0.05) is 6.04 Å². The van der Waals surface area contributed by atoms with Gasteiger partial charge < -0.3 is 10.1 Å². The molecular formula is C16H19BrN2O. The van der Waals surface area contributed by atoms with E-state index in [-0.39, 0.29) is 0 Å². The van der Waals surface area contributed by atoms with Crippen molar-refractivity contribution in [1.29, 1.82) is 0 Å². The normalized spacial score (nSPS) is 12.0. The minimum atomic E-state index is 0.299. The molecule has 1 aromatic heterocycles. The molecule has 1 aromatic carbocycles. The first kappa shape index (κ1) is 14.9. The van der Waals surface area contributed by atoms with Crippen molar-refractivity contribution >= 4 is 21.6 Å². The van der Waals surface area contributed by atoms with E-state index in [1.54, 1.807) is 7.11 Å². The van der Waals surface area contributed by atoms with Gasteiger partial charge in [0.25, 0.3) is 0 Å². The van der Waals surface area contributed by atoms with E-state index in [2.05, 4.69) is 39.2 Å². The van der Waals surface area contributed by atoms with Crippen molar-refractivity contribution in [2.45, 2.75) is 26.3 Å². The molecule has 1 heterocycles. The number of benzene rings is 1. The van der Waals surface area contributed by atoms with Gasteiger partial charge in [0.2, 0.25) is 0 Å². The van der Waals surface area contributed by atoms with Crippen LogP contribution in [0.3, 0.4) is 0 Å². The van der Waals surface area contributed by atoms with Crippen LogP contribution in [-0.4, -0.2) is 18.1 Å². The Kier molecular flexibility index (Phi) is 5.01. The van der Waals surface area contributed by atoms with Crippen LogP contribution in [0.1, 0.15) is 18.2 Å². The topological polar surface area (TPSA) is 34.1 Å². The molecule has 2 aromatic rings. The molecule has 1 atom stereocenters. The van der Waals surface area contributed by atoms with Gasteiger partial charge in [0.1, 0.15) is 10.4 Å². The molecule has 0 fully saturated rings. The summed E-state index contributed by atoms with van der Waals surface area (Å²) in [5, 5.41) is 3.50. The Labute approximate surface area is 128 Å². The van der Waals surface area contributed by atoms with E-state index in [9.17, 15) is 0 Å². The molecule has 0 aliphatic rings. The van der Waals surface area contributed by atoms with Crippen LogP contribution < -0.4 is 10.1 Å². The third-order valence-electron chi connectivity index (χ3n) is 3.17. The Morgan fingerprint density at radius 3 is 2.70 bits per heavy atom. The summed E-state index contributed by atoms with van der Waals surface area (Å²) >= 11 is 3.38. The quantitative estimate of drug-likeness (QED) is 0.832. The van der Waals surface area contributed by atoms with Gasteiger partial charge in [-0.3, -0.25) is 0 Å². The average molecular weight is 335 g/mol. The van der Waals surface area contributed by atoms with Gasteiger partial charge in [-0.1, -0.05) is 18.2 Å². The molecule has 2 rings (SSSR count). The molecule has 0 aliphatic carbocycles. The van der Waals surface area contributed by atoms with Gasteiger partial charge in [0.05, 0.1) is 18.5 Å². The molecule has 0 aliphatic heterocycles. The van der Waals surface area contributed by atoms with Crippen molar-refractivity contribution in [3.05, 3.63) is 52.3 Å². The van der Waals surface area contributed by atoms with E-state index < -0.39 is 0 Å². The first-order chi connectivity index (χ1) is 9.60. The maximum Gasteiger partial charge on any atom is 0.122 e. The van der Waals surface area contributed by atoms with Gasteiger partial charge >= 0.3 is 0 Å². The number of halogens is 1. The zero-order valence-electron chi connectivity index (χ0n) is 12.0.